The Morgan fingerprint density at radius 3 is 1.50 bits per heavy atom. The van der Waals surface area contributed by atoms with E-state index >= 15 is 0 Å². The summed E-state index contributed by atoms with van der Waals surface area (Å²) in [5.74, 6) is 1.81. The number of hydrogen-bond acceptors (Lipinski definition) is 3. The molecule has 8 aromatic carbocycles. The van der Waals surface area contributed by atoms with Crippen molar-refractivity contribution in [3.63, 3.8) is 0 Å². The summed E-state index contributed by atoms with van der Waals surface area (Å²) in [6.45, 7) is 0. The van der Waals surface area contributed by atoms with Gasteiger partial charge in [0.05, 0.1) is 27.8 Å². The van der Waals surface area contributed by atoms with Crippen LogP contribution in [0.5, 0.6) is 0 Å². The van der Waals surface area contributed by atoms with Gasteiger partial charge in [0.1, 0.15) is 0 Å². The Morgan fingerprint density at radius 2 is 0.804 bits per heavy atom. The minimum absolute atomic E-state index is 0.568. The van der Waals surface area contributed by atoms with Crippen LogP contribution in [-0.4, -0.2) is 24.1 Å². The van der Waals surface area contributed by atoms with Gasteiger partial charge in [0.25, 0.3) is 0 Å². The fraction of sp³-hybridized carbons (Fsp3) is 0. The highest BCUT2D eigenvalue weighted by molar-refractivity contribution is 6.26. The van der Waals surface area contributed by atoms with Gasteiger partial charge in [-0.05, 0) is 41.0 Å². The predicted molar refractivity (Wildman–Crippen MR) is 230 cm³/mol. The van der Waals surface area contributed by atoms with Gasteiger partial charge in [-0.15, -0.1) is 0 Å². The van der Waals surface area contributed by atoms with Gasteiger partial charge in [0.15, 0.2) is 11.6 Å². The summed E-state index contributed by atoms with van der Waals surface area (Å²) in [6.07, 6.45) is 0. The zero-order chi connectivity index (χ0) is 37.0. The van der Waals surface area contributed by atoms with E-state index < -0.39 is 0 Å². The second-order valence-electron chi connectivity index (χ2n) is 14.0. The number of para-hydroxylation sites is 3. The van der Waals surface area contributed by atoms with E-state index in [-0.39, 0.29) is 0 Å². The van der Waals surface area contributed by atoms with Crippen molar-refractivity contribution in [2.75, 3.05) is 0 Å². The first-order valence-electron chi connectivity index (χ1n) is 18.9. The first-order valence-corrected chi connectivity index (χ1v) is 18.9. The average Bonchev–Trinajstić information content (AvgIpc) is 3.80. The first kappa shape index (κ1) is 31.9. The molecule has 262 valence electrons. The highest BCUT2D eigenvalue weighted by Crippen LogP contribution is 2.43. The lowest BCUT2D eigenvalue weighted by atomic mass is 10.0. The van der Waals surface area contributed by atoms with E-state index in [4.69, 9.17) is 15.0 Å². The molecule has 56 heavy (non-hydrogen) atoms. The third-order valence-electron chi connectivity index (χ3n) is 10.8. The normalized spacial score (nSPS) is 11.6. The summed E-state index contributed by atoms with van der Waals surface area (Å²) in [5, 5.41) is 4.67. The second-order valence-corrected chi connectivity index (χ2v) is 14.0. The Morgan fingerprint density at radius 1 is 0.304 bits per heavy atom. The summed E-state index contributed by atoms with van der Waals surface area (Å²) in [6, 6.07) is 70.3. The third-order valence-corrected chi connectivity index (χ3v) is 10.8. The predicted octanol–water partition coefficient (Wildman–Crippen LogP) is 12.7. The highest BCUT2D eigenvalue weighted by atomic mass is 15.2. The minimum Gasteiger partial charge on any atom is -0.308 e. The molecular weight excluding hydrogens is 683 g/mol. The number of nitrogens with zero attached hydrogens (tertiary/aromatic N) is 5. The molecule has 0 aliphatic rings. The number of fused-ring (bicyclic) bond motifs is 7. The van der Waals surface area contributed by atoms with E-state index in [1.165, 1.54) is 27.5 Å². The van der Waals surface area contributed by atoms with E-state index in [0.717, 1.165) is 55.2 Å². The Kier molecular flexibility index (Phi) is 7.42. The molecule has 11 rings (SSSR count). The second kappa shape index (κ2) is 13.0. The van der Waals surface area contributed by atoms with Gasteiger partial charge in [0.2, 0.25) is 5.95 Å². The monoisotopic (exact) mass is 715 g/mol. The smallest absolute Gasteiger partial charge is 0.238 e. The number of hydrogen-bond donors (Lipinski definition) is 0. The van der Waals surface area contributed by atoms with Crippen molar-refractivity contribution in [3.05, 3.63) is 200 Å². The summed E-state index contributed by atoms with van der Waals surface area (Å²) >= 11 is 0. The highest BCUT2D eigenvalue weighted by Gasteiger charge is 2.23. The maximum Gasteiger partial charge on any atom is 0.238 e. The molecule has 0 aliphatic heterocycles. The standard InChI is InChI=1S/C51H33N5/c1-4-16-34(17-5-1)35-28-30-38(31-29-35)50-52-49(37-20-8-3-9-21-37)53-51(54-50)56-45-27-15-12-24-42(45)47-46(56)33-32-41-40-23-11-14-26-44(40)55(48(41)47)43-25-13-10-22-39(43)36-18-6-2-7-19-36/h1-33H. The lowest BCUT2D eigenvalue weighted by Gasteiger charge is -2.15. The molecule has 5 nitrogen and oxygen atoms in total. The summed E-state index contributed by atoms with van der Waals surface area (Å²) in [5.41, 5.74) is 12.0. The van der Waals surface area contributed by atoms with Gasteiger partial charge >= 0.3 is 0 Å². The molecule has 0 saturated carbocycles. The van der Waals surface area contributed by atoms with E-state index in [1.54, 1.807) is 0 Å². The van der Waals surface area contributed by atoms with Crippen molar-refractivity contribution in [3.8, 4) is 56.7 Å². The molecule has 5 heteroatoms. The Bertz CT molecular complexity index is 3220. The summed E-state index contributed by atoms with van der Waals surface area (Å²) in [4.78, 5) is 15.6. The van der Waals surface area contributed by atoms with Gasteiger partial charge < -0.3 is 4.57 Å². The molecule has 0 bridgehead atoms. The molecule has 0 amide bonds. The zero-order valence-corrected chi connectivity index (χ0v) is 30.3. The quantitative estimate of drug-likeness (QED) is 0.172. The summed E-state index contributed by atoms with van der Waals surface area (Å²) < 4.78 is 4.67. The first-order chi connectivity index (χ1) is 27.8. The van der Waals surface area contributed by atoms with Crippen molar-refractivity contribution in [1.29, 1.82) is 0 Å². The van der Waals surface area contributed by atoms with E-state index in [2.05, 4.69) is 185 Å². The van der Waals surface area contributed by atoms with Crippen LogP contribution in [0.3, 0.4) is 0 Å². The van der Waals surface area contributed by atoms with Crippen LogP contribution in [0, 0.1) is 0 Å². The van der Waals surface area contributed by atoms with Crippen LogP contribution in [0.1, 0.15) is 0 Å². The van der Waals surface area contributed by atoms with Gasteiger partial charge in [-0.3, -0.25) is 4.57 Å². The molecule has 0 fully saturated rings. The number of benzene rings is 8. The SMILES string of the molecule is c1ccc(-c2ccc(-c3nc(-c4ccccc4)nc(-n4c5ccccc5c5c4ccc4c6ccccc6n(-c6ccccc6-c6ccccc6)c45)n3)cc2)cc1. The van der Waals surface area contributed by atoms with Crippen molar-refractivity contribution >= 4 is 43.6 Å². The largest absolute Gasteiger partial charge is 0.308 e. The maximum atomic E-state index is 5.27. The van der Waals surface area contributed by atoms with Gasteiger partial charge in [-0.25, -0.2) is 4.98 Å². The average molecular weight is 716 g/mol. The maximum absolute atomic E-state index is 5.27. The van der Waals surface area contributed by atoms with Crippen molar-refractivity contribution in [1.82, 2.24) is 24.1 Å². The fourth-order valence-corrected chi connectivity index (χ4v) is 8.26. The van der Waals surface area contributed by atoms with Crippen LogP contribution in [0.25, 0.3) is 100 Å². The van der Waals surface area contributed by atoms with E-state index in [9.17, 15) is 0 Å². The van der Waals surface area contributed by atoms with Gasteiger partial charge in [-0.2, -0.15) is 9.97 Å². The number of aromatic nitrogens is 5. The van der Waals surface area contributed by atoms with Crippen molar-refractivity contribution in [2.24, 2.45) is 0 Å². The molecule has 0 aliphatic carbocycles. The number of rotatable bonds is 6. The summed E-state index contributed by atoms with van der Waals surface area (Å²) in [7, 11) is 0. The van der Waals surface area contributed by atoms with Crippen molar-refractivity contribution in [2.45, 2.75) is 0 Å². The topological polar surface area (TPSA) is 48.5 Å². The van der Waals surface area contributed by atoms with E-state index in [0.29, 0.717) is 17.6 Å². The fourth-order valence-electron chi connectivity index (χ4n) is 8.26. The lowest BCUT2D eigenvalue weighted by Crippen LogP contribution is -2.06. The molecule has 0 atom stereocenters. The molecule has 0 N–H and O–H groups in total. The van der Waals surface area contributed by atoms with Crippen LogP contribution in [0.15, 0.2) is 200 Å². The van der Waals surface area contributed by atoms with Crippen LogP contribution < -0.4 is 0 Å². The van der Waals surface area contributed by atoms with Crippen LogP contribution in [-0.2, 0) is 0 Å². The molecule has 0 saturated heterocycles. The zero-order valence-electron chi connectivity index (χ0n) is 30.3. The molecular formula is C51H33N5. The van der Waals surface area contributed by atoms with Gasteiger partial charge in [0, 0.05) is 38.2 Å². The molecule has 0 spiro atoms. The minimum atomic E-state index is 0.568. The molecule has 3 heterocycles. The Labute approximate surface area is 323 Å². The molecule has 3 aromatic heterocycles. The third kappa shape index (κ3) is 5.13. The van der Waals surface area contributed by atoms with Gasteiger partial charge in [-0.1, -0.05) is 176 Å². The molecule has 0 radical (unpaired) electrons. The Balaban J connectivity index is 1.20. The lowest BCUT2D eigenvalue weighted by molar-refractivity contribution is 0.953. The molecule has 0 unspecified atom stereocenters. The van der Waals surface area contributed by atoms with E-state index in [1.807, 2.05) is 24.3 Å². The van der Waals surface area contributed by atoms with Crippen LogP contribution >= 0.6 is 0 Å². The van der Waals surface area contributed by atoms with Crippen LogP contribution in [0.4, 0.5) is 0 Å². The molecule has 11 aromatic rings. The van der Waals surface area contributed by atoms with Crippen LogP contribution in [0.2, 0.25) is 0 Å². The Hall–Kier alpha value is -7.63. The van der Waals surface area contributed by atoms with Crippen molar-refractivity contribution < 1.29 is 0 Å².